The van der Waals surface area contributed by atoms with Crippen LogP contribution in [0.2, 0.25) is 19.6 Å². The van der Waals surface area contributed by atoms with Crippen molar-refractivity contribution in [2.45, 2.75) is 26.1 Å². The number of thioether (sulfide) groups is 2. The Hall–Kier alpha value is 0.347. The van der Waals surface area contributed by atoms with Crippen LogP contribution < -0.4 is 0 Å². The minimum Gasteiger partial charge on any atom is -0.331 e. The van der Waals surface area contributed by atoms with Gasteiger partial charge in [-0.05, 0) is 17.9 Å². The second-order valence-electron chi connectivity index (χ2n) is 3.84. The highest BCUT2D eigenvalue weighted by molar-refractivity contribution is 8.21. The molecule has 0 aromatic rings. The van der Waals surface area contributed by atoms with Gasteiger partial charge in [0.15, 0.2) is 0 Å². The Morgan fingerprint density at radius 3 is 2.25 bits per heavy atom. The molecule has 1 saturated heterocycles. The van der Waals surface area contributed by atoms with Gasteiger partial charge >= 0.3 is 0 Å². The van der Waals surface area contributed by atoms with Gasteiger partial charge in [0.1, 0.15) is 0 Å². The molecule has 3 heteroatoms. The highest BCUT2D eigenvalue weighted by atomic mass is 32.2. The van der Waals surface area contributed by atoms with Crippen molar-refractivity contribution >= 4 is 31.6 Å². The Labute approximate surface area is 85.3 Å². The summed E-state index contributed by atoms with van der Waals surface area (Å²) in [6, 6.07) is 0. The SMILES string of the molecule is C[Si](C)(C)C#C[C-]1SCCCS1. The molecule has 0 aromatic carbocycles. The van der Waals surface area contributed by atoms with Crippen molar-refractivity contribution in [1.82, 2.24) is 0 Å². The maximum atomic E-state index is 3.40. The van der Waals surface area contributed by atoms with Crippen LogP contribution in [0.5, 0.6) is 0 Å². The van der Waals surface area contributed by atoms with E-state index in [1.807, 2.05) is 23.5 Å². The molecule has 0 atom stereocenters. The third kappa shape index (κ3) is 4.39. The van der Waals surface area contributed by atoms with Crippen LogP contribution in [0, 0.1) is 16.0 Å². The topological polar surface area (TPSA) is 0 Å². The molecule has 1 aliphatic heterocycles. The number of hydrogen-bond donors (Lipinski definition) is 0. The summed E-state index contributed by atoms with van der Waals surface area (Å²) in [7, 11) is -1.15. The molecule has 1 aliphatic rings. The van der Waals surface area contributed by atoms with Crippen molar-refractivity contribution in [3.05, 3.63) is 4.58 Å². The molecule has 12 heavy (non-hydrogen) atoms. The van der Waals surface area contributed by atoms with Crippen LogP contribution in [0.15, 0.2) is 0 Å². The predicted molar refractivity (Wildman–Crippen MR) is 63.9 cm³/mol. The Kier molecular flexibility index (Phi) is 3.95. The Morgan fingerprint density at radius 1 is 1.17 bits per heavy atom. The maximum Gasteiger partial charge on any atom is 0.0121 e. The van der Waals surface area contributed by atoms with Crippen LogP contribution in [0.4, 0.5) is 0 Å². The largest absolute Gasteiger partial charge is 0.331 e. The summed E-state index contributed by atoms with van der Waals surface area (Å²) >= 11 is 3.86. The number of hydrogen-bond acceptors (Lipinski definition) is 2. The van der Waals surface area contributed by atoms with E-state index in [9.17, 15) is 0 Å². The molecule has 1 heterocycles. The second-order valence-corrected chi connectivity index (χ2v) is 11.1. The standard InChI is InChI=1S/C9H15S2Si/c1-12(2,3)8-5-9-10-6-4-7-11-9/h4,6-7H2,1-3H3/q-1. The van der Waals surface area contributed by atoms with E-state index in [-0.39, 0.29) is 0 Å². The first-order valence-electron chi connectivity index (χ1n) is 4.24. The highest BCUT2D eigenvalue weighted by Gasteiger charge is 2.03. The van der Waals surface area contributed by atoms with Crippen LogP contribution in [-0.2, 0) is 0 Å². The monoisotopic (exact) mass is 215 g/mol. The van der Waals surface area contributed by atoms with Gasteiger partial charge in [0, 0.05) is 8.07 Å². The van der Waals surface area contributed by atoms with Crippen molar-refractivity contribution < 1.29 is 0 Å². The van der Waals surface area contributed by atoms with Gasteiger partial charge in [-0.3, -0.25) is 5.92 Å². The molecule has 0 radical (unpaired) electrons. The first-order chi connectivity index (χ1) is 5.58. The molecule has 68 valence electrons. The van der Waals surface area contributed by atoms with Crippen molar-refractivity contribution in [2.24, 2.45) is 0 Å². The third-order valence-electron chi connectivity index (χ3n) is 1.29. The Balaban J connectivity index is 2.41. The van der Waals surface area contributed by atoms with Crippen LogP contribution in [0.1, 0.15) is 6.42 Å². The van der Waals surface area contributed by atoms with Gasteiger partial charge in [-0.15, -0.1) is 0 Å². The summed E-state index contributed by atoms with van der Waals surface area (Å²) in [6.45, 7) is 6.87. The van der Waals surface area contributed by atoms with Crippen LogP contribution in [0.3, 0.4) is 0 Å². The summed E-state index contributed by atoms with van der Waals surface area (Å²) < 4.78 is 1.35. The second kappa shape index (κ2) is 4.55. The average Bonchev–Trinajstić information content (AvgIpc) is 2.02. The molecule has 0 unspecified atom stereocenters. The van der Waals surface area contributed by atoms with E-state index in [0.717, 1.165) is 0 Å². The van der Waals surface area contributed by atoms with Gasteiger partial charge in [-0.2, -0.15) is 0 Å². The minimum absolute atomic E-state index is 1.15. The molecular weight excluding hydrogens is 200 g/mol. The smallest absolute Gasteiger partial charge is 0.0121 e. The molecule has 0 saturated carbocycles. The van der Waals surface area contributed by atoms with Gasteiger partial charge in [0.05, 0.1) is 0 Å². The first-order valence-corrected chi connectivity index (χ1v) is 9.71. The predicted octanol–water partition coefficient (Wildman–Crippen LogP) is 3.23. The van der Waals surface area contributed by atoms with E-state index in [1.54, 1.807) is 0 Å². The number of rotatable bonds is 0. The van der Waals surface area contributed by atoms with E-state index >= 15 is 0 Å². The molecule has 0 aliphatic carbocycles. The lowest BCUT2D eigenvalue weighted by atomic mass is 10.6. The van der Waals surface area contributed by atoms with E-state index in [4.69, 9.17) is 0 Å². The van der Waals surface area contributed by atoms with Gasteiger partial charge in [0.25, 0.3) is 0 Å². The zero-order chi connectivity index (χ0) is 9.03. The fraction of sp³-hybridized carbons (Fsp3) is 0.667. The van der Waals surface area contributed by atoms with E-state index in [2.05, 4.69) is 31.1 Å². The zero-order valence-electron chi connectivity index (χ0n) is 7.94. The normalized spacial score (nSPS) is 18.4. The van der Waals surface area contributed by atoms with Crippen molar-refractivity contribution in [3.8, 4) is 11.5 Å². The summed E-state index contributed by atoms with van der Waals surface area (Å²) in [5.74, 6) is 5.85. The van der Waals surface area contributed by atoms with Crippen LogP contribution in [0.25, 0.3) is 0 Å². The molecule has 0 spiro atoms. The lowest BCUT2D eigenvalue weighted by Gasteiger charge is -2.25. The average molecular weight is 215 g/mol. The van der Waals surface area contributed by atoms with Gasteiger partial charge < -0.3 is 5.54 Å². The molecule has 1 fully saturated rings. The Morgan fingerprint density at radius 2 is 1.75 bits per heavy atom. The minimum atomic E-state index is -1.15. The van der Waals surface area contributed by atoms with Gasteiger partial charge in [-0.25, -0.2) is 23.5 Å². The van der Waals surface area contributed by atoms with Crippen molar-refractivity contribution in [3.63, 3.8) is 0 Å². The van der Waals surface area contributed by atoms with E-state index in [0.29, 0.717) is 0 Å². The fourth-order valence-corrected chi connectivity index (χ4v) is 3.63. The lowest BCUT2D eigenvalue weighted by Crippen LogP contribution is -2.16. The Bertz CT molecular complexity index is 191. The lowest BCUT2D eigenvalue weighted by molar-refractivity contribution is 1.12. The molecule has 0 bridgehead atoms. The fourth-order valence-electron chi connectivity index (χ4n) is 0.741. The van der Waals surface area contributed by atoms with E-state index in [1.165, 1.54) is 22.5 Å². The molecule has 0 nitrogen and oxygen atoms in total. The summed E-state index contributed by atoms with van der Waals surface area (Å²) in [6.07, 6.45) is 1.34. The summed E-state index contributed by atoms with van der Waals surface area (Å²) in [4.78, 5) is 0. The molecule has 0 amide bonds. The molecule has 0 aromatic heterocycles. The van der Waals surface area contributed by atoms with Crippen molar-refractivity contribution in [1.29, 1.82) is 0 Å². The zero-order valence-corrected chi connectivity index (χ0v) is 10.6. The molecule has 1 rings (SSSR count). The quantitative estimate of drug-likeness (QED) is 0.346. The van der Waals surface area contributed by atoms with Gasteiger partial charge in [0.2, 0.25) is 0 Å². The first kappa shape index (κ1) is 10.4. The van der Waals surface area contributed by atoms with Crippen LogP contribution >= 0.6 is 23.5 Å². The summed E-state index contributed by atoms with van der Waals surface area (Å²) in [5.41, 5.74) is 3.40. The van der Waals surface area contributed by atoms with Crippen molar-refractivity contribution in [2.75, 3.05) is 11.5 Å². The third-order valence-corrected chi connectivity index (χ3v) is 4.59. The highest BCUT2D eigenvalue weighted by Crippen LogP contribution is 2.36. The molecule has 0 N–H and O–H groups in total. The van der Waals surface area contributed by atoms with E-state index < -0.39 is 8.07 Å². The maximum absolute atomic E-state index is 3.40. The van der Waals surface area contributed by atoms with Crippen LogP contribution in [-0.4, -0.2) is 19.6 Å². The summed E-state index contributed by atoms with van der Waals surface area (Å²) in [5, 5.41) is 0. The molecular formula is C9H15S2Si-. The van der Waals surface area contributed by atoms with Gasteiger partial charge in [-0.1, -0.05) is 24.2 Å².